The standard InChI is InChI=1S/C8H12N4O2/c9-8(13)6-1-3-12(4-2-6)7-5-10-11-14-7/h5-6H,1-4H2,(H2,9,13). The van der Waals surface area contributed by atoms with Crippen LogP contribution in [-0.2, 0) is 4.79 Å². The lowest BCUT2D eigenvalue weighted by atomic mass is 9.96. The van der Waals surface area contributed by atoms with Gasteiger partial charge in [-0.1, -0.05) is 0 Å². The van der Waals surface area contributed by atoms with Crippen molar-refractivity contribution in [2.75, 3.05) is 18.0 Å². The zero-order valence-corrected chi connectivity index (χ0v) is 7.72. The maximum Gasteiger partial charge on any atom is 0.247 e. The molecule has 2 N–H and O–H groups in total. The Morgan fingerprint density at radius 3 is 2.79 bits per heavy atom. The summed E-state index contributed by atoms with van der Waals surface area (Å²) in [6, 6.07) is 0. The van der Waals surface area contributed by atoms with Crippen molar-refractivity contribution in [3.63, 3.8) is 0 Å². The summed E-state index contributed by atoms with van der Waals surface area (Å²) in [6.45, 7) is 1.54. The predicted octanol–water partition coefficient (Wildman–Crippen LogP) is -0.229. The molecule has 1 aromatic rings. The van der Waals surface area contributed by atoms with E-state index in [0.29, 0.717) is 5.88 Å². The first kappa shape index (κ1) is 8.98. The molecule has 0 aliphatic carbocycles. The van der Waals surface area contributed by atoms with Gasteiger partial charge >= 0.3 is 0 Å². The van der Waals surface area contributed by atoms with Gasteiger partial charge in [-0.05, 0) is 12.8 Å². The van der Waals surface area contributed by atoms with E-state index in [1.54, 1.807) is 6.20 Å². The summed E-state index contributed by atoms with van der Waals surface area (Å²) in [5.41, 5.74) is 5.23. The number of hydrogen-bond acceptors (Lipinski definition) is 5. The fourth-order valence-corrected chi connectivity index (χ4v) is 1.69. The highest BCUT2D eigenvalue weighted by atomic mass is 16.5. The maximum atomic E-state index is 10.9. The quantitative estimate of drug-likeness (QED) is 0.706. The first-order chi connectivity index (χ1) is 6.77. The zero-order valence-electron chi connectivity index (χ0n) is 7.72. The summed E-state index contributed by atoms with van der Waals surface area (Å²) in [4.78, 5) is 12.9. The van der Waals surface area contributed by atoms with Gasteiger partial charge in [0.15, 0.2) is 0 Å². The van der Waals surface area contributed by atoms with Crippen molar-refractivity contribution in [1.29, 1.82) is 0 Å². The average molecular weight is 196 g/mol. The number of carbonyl (C=O) groups excluding carboxylic acids is 1. The Bertz CT molecular complexity index is 303. The predicted molar refractivity (Wildman–Crippen MR) is 48.4 cm³/mol. The molecule has 0 bridgehead atoms. The third-order valence-corrected chi connectivity index (χ3v) is 2.56. The van der Waals surface area contributed by atoms with E-state index in [1.165, 1.54) is 0 Å². The van der Waals surface area contributed by atoms with Crippen LogP contribution in [0.25, 0.3) is 0 Å². The van der Waals surface area contributed by atoms with Crippen LogP contribution in [0.3, 0.4) is 0 Å². The minimum atomic E-state index is -0.208. The average Bonchev–Trinajstić information content (AvgIpc) is 2.71. The van der Waals surface area contributed by atoms with E-state index in [-0.39, 0.29) is 11.8 Å². The van der Waals surface area contributed by atoms with Gasteiger partial charge < -0.3 is 15.2 Å². The molecule has 76 valence electrons. The normalized spacial score (nSPS) is 18.4. The third kappa shape index (κ3) is 1.68. The van der Waals surface area contributed by atoms with Crippen LogP contribution in [0.1, 0.15) is 12.8 Å². The Hall–Kier alpha value is -1.59. The van der Waals surface area contributed by atoms with Crippen LogP contribution in [0.15, 0.2) is 10.7 Å². The number of nitrogens with zero attached hydrogens (tertiary/aromatic N) is 3. The van der Waals surface area contributed by atoms with Gasteiger partial charge in [-0.25, -0.2) is 0 Å². The Labute approximate surface area is 81.0 Å². The number of anilines is 1. The van der Waals surface area contributed by atoms with Gasteiger partial charge in [0.1, 0.15) is 6.20 Å². The summed E-state index contributed by atoms with van der Waals surface area (Å²) in [5, 5.41) is 6.99. The molecule has 0 spiro atoms. The molecule has 1 aromatic heterocycles. The molecule has 6 heteroatoms. The Kier molecular flexibility index (Phi) is 2.34. The summed E-state index contributed by atoms with van der Waals surface area (Å²) in [7, 11) is 0. The number of amides is 1. The summed E-state index contributed by atoms with van der Waals surface area (Å²) >= 11 is 0. The van der Waals surface area contributed by atoms with Crippen LogP contribution in [0.4, 0.5) is 5.88 Å². The number of primary amides is 1. The van der Waals surface area contributed by atoms with Crippen LogP contribution in [0.2, 0.25) is 0 Å². The smallest absolute Gasteiger partial charge is 0.247 e. The van der Waals surface area contributed by atoms with E-state index in [1.807, 2.05) is 4.90 Å². The van der Waals surface area contributed by atoms with Crippen molar-refractivity contribution in [3.05, 3.63) is 6.20 Å². The van der Waals surface area contributed by atoms with E-state index in [9.17, 15) is 4.79 Å². The van der Waals surface area contributed by atoms with Crippen LogP contribution in [-0.4, -0.2) is 29.4 Å². The molecule has 2 heterocycles. The molecular formula is C8H12N4O2. The lowest BCUT2D eigenvalue weighted by molar-refractivity contribution is -0.122. The molecule has 1 fully saturated rings. The first-order valence-electron chi connectivity index (χ1n) is 4.59. The van der Waals surface area contributed by atoms with Crippen LogP contribution in [0.5, 0.6) is 0 Å². The van der Waals surface area contributed by atoms with Gasteiger partial charge in [-0.3, -0.25) is 4.79 Å². The molecule has 1 aliphatic heterocycles. The molecule has 1 saturated heterocycles. The van der Waals surface area contributed by atoms with E-state index in [4.69, 9.17) is 10.3 Å². The van der Waals surface area contributed by atoms with E-state index in [0.717, 1.165) is 25.9 Å². The van der Waals surface area contributed by atoms with Crippen molar-refractivity contribution in [1.82, 2.24) is 10.4 Å². The molecule has 1 aliphatic rings. The molecule has 2 rings (SSSR count). The van der Waals surface area contributed by atoms with Crippen molar-refractivity contribution in [2.45, 2.75) is 12.8 Å². The van der Waals surface area contributed by atoms with Gasteiger partial charge in [0.2, 0.25) is 11.8 Å². The third-order valence-electron chi connectivity index (χ3n) is 2.56. The van der Waals surface area contributed by atoms with E-state index in [2.05, 4.69) is 10.4 Å². The van der Waals surface area contributed by atoms with Gasteiger partial charge in [-0.15, -0.1) is 5.10 Å². The van der Waals surface area contributed by atoms with Crippen molar-refractivity contribution in [3.8, 4) is 0 Å². The number of carbonyl (C=O) groups is 1. The zero-order chi connectivity index (χ0) is 9.97. The van der Waals surface area contributed by atoms with Crippen LogP contribution < -0.4 is 10.6 Å². The first-order valence-corrected chi connectivity index (χ1v) is 4.59. The highest BCUT2D eigenvalue weighted by molar-refractivity contribution is 5.76. The van der Waals surface area contributed by atoms with Crippen LogP contribution >= 0.6 is 0 Å². The minimum absolute atomic E-state index is 0.00197. The number of rotatable bonds is 2. The number of hydrogen-bond donors (Lipinski definition) is 1. The largest absolute Gasteiger partial charge is 0.369 e. The second-order valence-corrected chi connectivity index (χ2v) is 3.42. The van der Waals surface area contributed by atoms with Gasteiger partial charge in [0, 0.05) is 24.3 Å². The van der Waals surface area contributed by atoms with E-state index < -0.39 is 0 Å². The second-order valence-electron chi connectivity index (χ2n) is 3.42. The van der Waals surface area contributed by atoms with Crippen molar-refractivity contribution < 1.29 is 9.32 Å². The number of piperidine rings is 1. The molecule has 6 nitrogen and oxygen atoms in total. The molecule has 0 radical (unpaired) electrons. The Morgan fingerprint density at radius 2 is 2.29 bits per heavy atom. The van der Waals surface area contributed by atoms with Crippen molar-refractivity contribution >= 4 is 11.8 Å². The molecule has 1 amide bonds. The lowest BCUT2D eigenvalue weighted by Gasteiger charge is -2.29. The van der Waals surface area contributed by atoms with E-state index >= 15 is 0 Å². The Morgan fingerprint density at radius 1 is 1.57 bits per heavy atom. The molecular weight excluding hydrogens is 184 g/mol. The molecule has 0 atom stereocenters. The number of aromatic nitrogens is 2. The SMILES string of the molecule is NC(=O)C1CCN(c2cnno2)CC1. The molecule has 0 unspecified atom stereocenters. The fraction of sp³-hybridized carbons (Fsp3) is 0.625. The summed E-state index contributed by atoms with van der Waals surface area (Å²) in [5.74, 6) is 0.454. The molecule has 0 saturated carbocycles. The molecule has 0 aromatic carbocycles. The van der Waals surface area contributed by atoms with Gasteiger partial charge in [0.25, 0.3) is 0 Å². The minimum Gasteiger partial charge on any atom is -0.369 e. The Balaban J connectivity index is 1.93. The monoisotopic (exact) mass is 196 g/mol. The molecule has 14 heavy (non-hydrogen) atoms. The van der Waals surface area contributed by atoms with Gasteiger partial charge in [0.05, 0.1) is 0 Å². The highest BCUT2D eigenvalue weighted by Crippen LogP contribution is 2.21. The summed E-state index contributed by atoms with van der Waals surface area (Å²) in [6.07, 6.45) is 3.12. The second kappa shape index (κ2) is 3.65. The van der Waals surface area contributed by atoms with Crippen LogP contribution in [0, 0.1) is 5.92 Å². The lowest BCUT2D eigenvalue weighted by Crippen LogP contribution is -2.38. The maximum absolute atomic E-state index is 10.9. The fourth-order valence-electron chi connectivity index (χ4n) is 1.69. The number of nitrogens with two attached hydrogens (primary N) is 1. The van der Waals surface area contributed by atoms with Gasteiger partial charge in [-0.2, -0.15) is 0 Å². The topological polar surface area (TPSA) is 85.3 Å². The van der Waals surface area contributed by atoms with Crippen molar-refractivity contribution in [2.24, 2.45) is 11.7 Å². The summed E-state index contributed by atoms with van der Waals surface area (Å²) < 4.78 is 4.92. The highest BCUT2D eigenvalue weighted by Gasteiger charge is 2.24.